The Balaban J connectivity index is 1.44. The minimum absolute atomic E-state index is 0.0103. The fourth-order valence-electron chi connectivity index (χ4n) is 3.74. The Hall–Kier alpha value is -4.35. The van der Waals surface area contributed by atoms with Gasteiger partial charge >= 0.3 is 0 Å². The van der Waals surface area contributed by atoms with Gasteiger partial charge in [-0.3, -0.25) is 13.8 Å². The molecule has 0 fully saturated rings. The van der Waals surface area contributed by atoms with E-state index in [4.69, 9.17) is 4.74 Å². The third kappa shape index (κ3) is 6.21. The van der Waals surface area contributed by atoms with Crippen LogP contribution in [-0.4, -0.2) is 36.9 Å². The van der Waals surface area contributed by atoms with Crippen molar-refractivity contribution in [2.24, 2.45) is 0 Å². The molecule has 0 aliphatic heterocycles. The summed E-state index contributed by atoms with van der Waals surface area (Å²) in [5.74, 6) is -0.0451. The Morgan fingerprint density at radius 1 is 0.795 bits per heavy atom. The van der Waals surface area contributed by atoms with Crippen LogP contribution in [0, 0.1) is 6.92 Å². The summed E-state index contributed by atoms with van der Waals surface area (Å²) in [5.41, 5.74) is 2.27. The second-order valence-corrected chi connectivity index (χ2v) is 12.3. The topological polar surface area (TPSA) is 122 Å². The van der Waals surface area contributed by atoms with Gasteiger partial charge in [0.25, 0.3) is 26.0 Å². The number of anilines is 3. The number of hydrogen-bond donors (Lipinski definition) is 2. The summed E-state index contributed by atoms with van der Waals surface area (Å²) in [6.07, 6.45) is 0. The highest BCUT2D eigenvalue weighted by Crippen LogP contribution is 2.28. The highest BCUT2D eigenvalue weighted by molar-refractivity contribution is 7.93. The molecule has 0 aliphatic carbocycles. The van der Waals surface area contributed by atoms with Gasteiger partial charge in [-0.1, -0.05) is 24.3 Å². The van der Waals surface area contributed by atoms with Gasteiger partial charge in [-0.2, -0.15) is 0 Å². The number of hydrogen-bond acceptors (Lipinski definition) is 6. The molecule has 0 heterocycles. The smallest absolute Gasteiger partial charge is 0.264 e. The molecule has 39 heavy (non-hydrogen) atoms. The zero-order valence-corrected chi connectivity index (χ0v) is 23.1. The van der Waals surface area contributed by atoms with Crippen molar-refractivity contribution < 1.29 is 26.4 Å². The normalized spacial score (nSPS) is 11.5. The molecule has 4 rings (SSSR count). The Morgan fingerprint density at radius 2 is 1.44 bits per heavy atom. The van der Waals surface area contributed by atoms with Crippen LogP contribution in [-0.2, 0) is 20.0 Å². The van der Waals surface area contributed by atoms with Crippen LogP contribution < -0.4 is 19.1 Å². The average molecular weight is 566 g/mol. The monoisotopic (exact) mass is 565 g/mol. The predicted octanol–water partition coefficient (Wildman–Crippen LogP) is 4.88. The fraction of sp³-hybridized carbons (Fsp3) is 0.107. The van der Waals surface area contributed by atoms with Gasteiger partial charge in [-0.15, -0.1) is 0 Å². The van der Waals surface area contributed by atoms with Crippen LogP contribution in [0.1, 0.15) is 15.9 Å². The summed E-state index contributed by atoms with van der Waals surface area (Å²) in [6, 6.07) is 25.0. The highest BCUT2D eigenvalue weighted by Gasteiger charge is 2.21. The number of methoxy groups -OCH3 is 1. The average Bonchev–Trinajstić information content (AvgIpc) is 2.93. The van der Waals surface area contributed by atoms with Crippen LogP contribution >= 0.6 is 0 Å². The molecule has 0 atom stereocenters. The largest absolute Gasteiger partial charge is 0.495 e. The van der Waals surface area contributed by atoms with Gasteiger partial charge in [0.05, 0.1) is 28.3 Å². The van der Waals surface area contributed by atoms with E-state index >= 15 is 0 Å². The van der Waals surface area contributed by atoms with Crippen molar-refractivity contribution in [3.8, 4) is 5.75 Å². The lowest BCUT2D eigenvalue weighted by Gasteiger charge is -2.19. The van der Waals surface area contributed by atoms with E-state index in [0.717, 1.165) is 9.87 Å². The zero-order valence-electron chi connectivity index (χ0n) is 21.5. The van der Waals surface area contributed by atoms with Crippen LogP contribution in [0.15, 0.2) is 107 Å². The molecule has 0 saturated carbocycles. The van der Waals surface area contributed by atoms with Crippen LogP contribution in [0.3, 0.4) is 0 Å². The molecule has 4 aromatic rings. The van der Waals surface area contributed by atoms with Crippen molar-refractivity contribution in [1.29, 1.82) is 0 Å². The first kappa shape index (κ1) is 27.7. The molecule has 11 heteroatoms. The molecule has 2 N–H and O–H groups in total. The molecular weight excluding hydrogens is 538 g/mol. The van der Waals surface area contributed by atoms with Crippen molar-refractivity contribution in [2.75, 3.05) is 28.5 Å². The maximum absolute atomic E-state index is 12.9. The van der Waals surface area contributed by atoms with Crippen LogP contribution in [0.25, 0.3) is 0 Å². The van der Waals surface area contributed by atoms with Crippen LogP contribution in [0.5, 0.6) is 5.75 Å². The van der Waals surface area contributed by atoms with Gasteiger partial charge in [-0.25, -0.2) is 16.8 Å². The number of carbonyl (C=O) groups excluding carboxylic acids is 1. The van der Waals surface area contributed by atoms with Crippen molar-refractivity contribution in [1.82, 2.24) is 0 Å². The van der Waals surface area contributed by atoms with Gasteiger partial charge in [0.1, 0.15) is 5.75 Å². The van der Waals surface area contributed by atoms with E-state index in [-0.39, 0.29) is 9.79 Å². The Labute approximate surface area is 228 Å². The molecule has 0 radical (unpaired) electrons. The fourth-order valence-corrected chi connectivity index (χ4v) is 6.02. The number of sulfonamides is 2. The highest BCUT2D eigenvalue weighted by atomic mass is 32.2. The van der Waals surface area contributed by atoms with E-state index in [9.17, 15) is 21.6 Å². The maximum Gasteiger partial charge on any atom is 0.264 e. The third-order valence-corrected chi connectivity index (χ3v) is 9.10. The first-order chi connectivity index (χ1) is 18.5. The SMILES string of the molecule is COc1ccc(C)cc1NS(=O)(=O)c1ccc(NC(=O)c2ccc(N(C)S(=O)(=O)c3ccccc3)cc2)cc1. The van der Waals surface area contributed by atoms with E-state index in [2.05, 4.69) is 10.0 Å². The van der Waals surface area contributed by atoms with Gasteiger partial charge in [0.15, 0.2) is 0 Å². The zero-order chi connectivity index (χ0) is 28.2. The van der Waals surface area contributed by atoms with Crippen molar-refractivity contribution in [2.45, 2.75) is 16.7 Å². The van der Waals surface area contributed by atoms with Crippen LogP contribution in [0.4, 0.5) is 17.1 Å². The van der Waals surface area contributed by atoms with Crippen molar-refractivity contribution in [3.05, 3.63) is 108 Å². The van der Waals surface area contributed by atoms with Gasteiger partial charge < -0.3 is 10.1 Å². The molecule has 0 aromatic heterocycles. The molecule has 0 spiro atoms. The van der Waals surface area contributed by atoms with E-state index in [1.165, 1.54) is 74.8 Å². The third-order valence-electron chi connectivity index (χ3n) is 5.92. The molecule has 202 valence electrons. The summed E-state index contributed by atoms with van der Waals surface area (Å²) in [4.78, 5) is 12.9. The quantitative estimate of drug-likeness (QED) is 0.298. The van der Waals surface area contributed by atoms with Crippen molar-refractivity contribution >= 4 is 43.0 Å². The molecule has 9 nitrogen and oxygen atoms in total. The number of amides is 1. The Kier molecular flexibility index (Phi) is 7.93. The number of benzene rings is 4. The molecule has 0 saturated heterocycles. The molecule has 0 unspecified atom stereocenters. The summed E-state index contributed by atoms with van der Waals surface area (Å²) < 4.78 is 60.3. The minimum atomic E-state index is -3.90. The lowest BCUT2D eigenvalue weighted by Crippen LogP contribution is -2.26. The standard InChI is InChI=1S/C28H27N3O6S2/c1-20-9-18-27(37-3)26(19-20)30-38(33,34)24-16-12-22(13-17-24)29-28(32)21-10-14-23(15-11-21)31(2)39(35,36)25-7-5-4-6-8-25/h4-19,30H,1-3H3,(H,29,32). The number of carbonyl (C=O) groups is 1. The van der Waals surface area contributed by atoms with Crippen LogP contribution in [0.2, 0.25) is 0 Å². The van der Waals surface area contributed by atoms with E-state index < -0.39 is 26.0 Å². The summed E-state index contributed by atoms with van der Waals surface area (Å²) in [6.45, 7) is 1.84. The Bertz CT molecular complexity index is 1690. The molecule has 1 amide bonds. The minimum Gasteiger partial charge on any atom is -0.495 e. The molecule has 4 aromatic carbocycles. The molecule has 0 aliphatic rings. The number of ether oxygens (including phenoxy) is 1. The van der Waals surface area contributed by atoms with Gasteiger partial charge in [0, 0.05) is 18.3 Å². The second-order valence-electron chi connectivity index (χ2n) is 8.62. The lowest BCUT2D eigenvalue weighted by molar-refractivity contribution is 0.102. The summed E-state index contributed by atoms with van der Waals surface area (Å²) >= 11 is 0. The maximum atomic E-state index is 12.9. The molecular formula is C28H27N3O6S2. The number of nitrogens with zero attached hydrogens (tertiary/aromatic N) is 1. The Morgan fingerprint density at radius 3 is 2.05 bits per heavy atom. The number of nitrogens with one attached hydrogen (secondary N) is 2. The second kappa shape index (κ2) is 11.2. The predicted molar refractivity (Wildman–Crippen MR) is 151 cm³/mol. The lowest BCUT2D eigenvalue weighted by atomic mass is 10.2. The van der Waals surface area contributed by atoms with Crippen molar-refractivity contribution in [3.63, 3.8) is 0 Å². The van der Waals surface area contributed by atoms with E-state index in [1.54, 1.807) is 30.3 Å². The van der Waals surface area contributed by atoms with E-state index in [1.807, 2.05) is 13.0 Å². The number of rotatable bonds is 9. The summed E-state index contributed by atoms with van der Waals surface area (Å²) in [5, 5.41) is 2.71. The van der Waals surface area contributed by atoms with Gasteiger partial charge in [-0.05, 0) is 85.3 Å². The number of aryl methyl sites for hydroxylation is 1. The molecule has 0 bridgehead atoms. The first-order valence-electron chi connectivity index (χ1n) is 11.7. The first-order valence-corrected chi connectivity index (χ1v) is 14.7. The van der Waals surface area contributed by atoms with Gasteiger partial charge in [0.2, 0.25) is 0 Å². The summed E-state index contributed by atoms with van der Waals surface area (Å²) in [7, 11) is -4.75. The van der Waals surface area contributed by atoms with E-state index in [0.29, 0.717) is 28.4 Å².